The summed E-state index contributed by atoms with van der Waals surface area (Å²) in [5, 5.41) is 0. The van der Waals surface area contributed by atoms with E-state index in [1.165, 1.54) is 22.5 Å². The number of carbonyl (C=O) groups excluding carboxylic acids is 2. The summed E-state index contributed by atoms with van der Waals surface area (Å²) in [5.41, 5.74) is 0.523. The van der Waals surface area contributed by atoms with Crippen LogP contribution in [-0.2, 0) is 14.3 Å². The molecule has 2 aliphatic heterocycles. The number of rotatable bonds is 2. The second-order valence-corrected chi connectivity index (χ2v) is 8.07. The highest BCUT2D eigenvalue weighted by Gasteiger charge is 2.58. The number of halogens is 3. The lowest BCUT2D eigenvalue weighted by Gasteiger charge is -2.45. The van der Waals surface area contributed by atoms with Crippen LogP contribution in [0.1, 0.15) is 15.4 Å². The van der Waals surface area contributed by atoms with E-state index >= 15 is 0 Å². The maximum Gasteiger partial charge on any atom is 0.437 e. The number of morpholine rings is 1. The van der Waals surface area contributed by atoms with Crippen LogP contribution in [0.2, 0.25) is 0 Å². The monoisotopic (exact) mass is 441 g/mol. The van der Waals surface area contributed by atoms with Crippen molar-refractivity contribution >= 4 is 28.8 Å². The van der Waals surface area contributed by atoms with Crippen LogP contribution >= 0.6 is 11.3 Å². The molecule has 1 unspecified atom stereocenters. The zero-order valence-electron chi connectivity index (χ0n) is 15.9. The minimum Gasteiger partial charge on any atom is -0.376 e. The Balaban J connectivity index is 1.66. The fourth-order valence-electron chi connectivity index (χ4n) is 3.58. The molecule has 1 spiro atoms. The predicted molar refractivity (Wildman–Crippen MR) is 101 cm³/mol. The summed E-state index contributed by atoms with van der Waals surface area (Å²) >= 11 is 1.16. The van der Waals surface area contributed by atoms with Crippen LogP contribution in [0, 0.1) is 12.7 Å². The molecule has 4 rings (SSSR count). The second kappa shape index (κ2) is 7.64. The van der Waals surface area contributed by atoms with Gasteiger partial charge in [-0.1, -0.05) is 0 Å². The zero-order chi connectivity index (χ0) is 21.5. The number of carbonyl (C=O) groups is 2. The van der Waals surface area contributed by atoms with Crippen molar-refractivity contribution in [1.29, 1.82) is 0 Å². The molecule has 0 saturated carbocycles. The fourth-order valence-corrected chi connectivity index (χ4v) is 4.35. The van der Waals surface area contributed by atoms with Crippen LogP contribution in [0.5, 0.6) is 0 Å². The summed E-state index contributed by atoms with van der Waals surface area (Å²) in [4.78, 5) is 32.0. The highest BCUT2D eigenvalue weighted by molar-refractivity contribution is 7.11. The molecule has 2 aliphatic rings. The minimum absolute atomic E-state index is 0.101. The molecular formula is C19H18F3N3O4S. The SMILES string of the molecule is Cc1ncsc1C(=O)N1CCOCC2(C1)CN(c1ccc(F)cc1)C(=O)C(F)(F)O2. The second-order valence-electron chi connectivity index (χ2n) is 7.22. The van der Waals surface area contributed by atoms with Gasteiger partial charge in [-0.2, -0.15) is 8.78 Å². The Morgan fingerprint density at radius 3 is 2.63 bits per heavy atom. The van der Waals surface area contributed by atoms with Crippen molar-refractivity contribution in [2.75, 3.05) is 37.7 Å². The number of aromatic nitrogens is 1. The molecule has 2 fully saturated rings. The third-order valence-electron chi connectivity index (χ3n) is 5.00. The van der Waals surface area contributed by atoms with Gasteiger partial charge in [0.05, 0.1) is 37.5 Å². The quantitative estimate of drug-likeness (QED) is 0.716. The van der Waals surface area contributed by atoms with E-state index in [2.05, 4.69) is 4.98 Å². The lowest BCUT2D eigenvalue weighted by molar-refractivity contribution is -0.293. The van der Waals surface area contributed by atoms with Gasteiger partial charge in [-0.05, 0) is 31.2 Å². The molecule has 0 aliphatic carbocycles. The first-order valence-corrected chi connectivity index (χ1v) is 10.0. The highest BCUT2D eigenvalue weighted by atomic mass is 32.1. The molecule has 0 N–H and O–H groups in total. The molecule has 3 heterocycles. The van der Waals surface area contributed by atoms with E-state index in [0.717, 1.165) is 28.4 Å². The molecule has 2 aromatic rings. The Labute approximate surface area is 174 Å². The van der Waals surface area contributed by atoms with E-state index < -0.39 is 23.4 Å². The smallest absolute Gasteiger partial charge is 0.376 e. The van der Waals surface area contributed by atoms with Crippen molar-refractivity contribution < 1.29 is 32.2 Å². The lowest BCUT2D eigenvalue weighted by Crippen LogP contribution is -2.66. The number of nitrogens with zero attached hydrogens (tertiary/aromatic N) is 3. The molecule has 160 valence electrons. The van der Waals surface area contributed by atoms with Gasteiger partial charge in [0, 0.05) is 12.2 Å². The van der Waals surface area contributed by atoms with Crippen LogP contribution in [0.4, 0.5) is 18.9 Å². The lowest BCUT2D eigenvalue weighted by atomic mass is 10.00. The van der Waals surface area contributed by atoms with Gasteiger partial charge < -0.3 is 14.5 Å². The van der Waals surface area contributed by atoms with Gasteiger partial charge >= 0.3 is 12.0 Å². The Kier molecular flexibility index (Phi) is 5.28. The number of ether oxygens (including phenoxy) is 2. The number of thiazole rings is 1. The summed E-state index contributed by atoms with van der Waals surface area (Å²) in [7, 11) is 0. The molecule has 0 bridgehead atoms. The molecule has 2 saturated heterocycles. The molecule has 1 aromatic heterocycles. The van der Waals surface area contributed by atoms with Crippen molar-refractivity contribution in [3.05, 3.63) is 46.2 Å². The fraction of sp³-hybridized carbons (Fsp3) is 0.421. The molecule has 7 nitrogen and oxygen atoms in total. The summed E-state index contributed by atoms with van der Waals surface area (Å²) < 4.78 is 52.9. The Morgan fingerprint density at radius 2 is 1.97 bits per heavy atom. The Hall–Kier alpha value is -2.50. The van der Waals surface area contributed by atoms with Crippen molar-refractivity contribution in [2.24, 2.45) is 0 Å². The third kappa shape index (κ3) is 3.80. The first kappa shape index (κ1) is 20.8. The normalized spacial score (nSPS) is 24.2. The first-order valence-electron chi connectivity index (χ1n) is 9.13. The molecular weight excluding hydrogens is 423 g/mol. The maximum absolute atomic E-state index is 14.6. The standard InChI is InChI=1S/C19H18F3N3O4S/c1-12-15(30-11-23-12)16(26)24-6-7-28-10-18(8-24)9-25(17(27)19(21,22)29-18)14-4-2-13(20)3-5-14/h2-5,11H,6-10H2,1H3. The number of benzene rings is 1. The molecule has 1 atom stereocenters. The predicted octanol–water partition coefficient (Wildman–Crippen LogP) is 2.46. The summed E-state index contributed by atoms with van der Waals surface area (Å²) in [6.07, 6.45) is -4.13. The topological polar surface area (TPSA) is 72.0 Å². The average molecular weight is 441 g/mol. The van der Waals surface area contributed by atoms with Crippen molar-refractivity contribution in [3.8, 4) is 0 Å². The van der Waals surface area contributed by atoms with E-state index in [1.54, 1.807) is 6.92 Å². The van der Waals surface area contributed by atoms with Crippen LogP contribution in [0.15, 0.2) is 29.8 Å². The van der Waals surface area contributed by atoms with Gasteiger partial charge in [0.2, 0.25) is 0 Å². The number of hydrogen-bond acceptors (Lipinski definition) is 6. The van der Waals surface area contributed by atoms with E-state index in [0.29, 0.717) is 10.6 Å². The Bertz CT molecular complexity index is 968. The summed E-state index contributed by atoms with van der Waals surface area (Å²) in [5.74, 6) is -2.48. The van der Waals surface area contributed by atoms with Gasteiger partial charge in [0.25, 0.3) is 5.91 Å². The van der Waals surface area contributed by atoms with E-state index in [-0.39, 0.29) is 44.4 Å². The number of amides is 2. The van der Waals surface area contributed by atoms with E-state index in [9.17, 15) is 22.8 Å². The molecule has 1 aromatic carbocycles. The molecule has 30 heavy (non-hydrogen) atoms. The number of aryl methyl sites for hydroxylation is 1. The van der Waals surface area contributed by atoms with Gasteiger partial charge in [-0.25, -0.2) is 9.37 Å². The van der Waals surface area contributed by atoms with Crippen LogP contribution in [-0.4, -0.2) is 66.3 Å². The van der Waals surface area contributed by atoms with Crippen molar-refractivity contribution in [1.82, 2.24) is 9.88 Å². The van der Waals surface area contributed by atoms with Gasteiger partial charge in [-0.3, -0.25) is 14.3 Å². The van der Waals surface area contributed by atoms with Crippen molar-refractivity contribution in [2.45, 2.75) is 18.6 Å². The number of hydrogen-bond donors (Lipinski definition) is 0. The highest BCUT2D eigenvalue weighted by Crippen LogP contribution is 2.37. The first-order chi connectivity index (χ1) is 14.2. The van der Waals surface area contributed by atoms with E-state index in [4.69, 9.17) is 9.47 Å². The number of anilines is 1. The minimum atomic E-state index is -4.13. The van der Waals surface area contributed by atoms with E-state index in [1.807, 2.05) is 0 Å². The van der Waals surface area contributed by atoms with Crippen molar-refractivity contribution in [3.63, 3.8) is 0 Å². The Morgan fingerprint density at radius 1 is 1.23 bits per heavy atom. The summed E-state index contributed by atoms with van der Waals surface area (Å²) in [6.45, 7) is 1.28. The molecule has 0 radical (unpaired) electrons. The zero-order valence-corrected chi connectivity index (χ0v) is 16.8. The molecule has 11 heteroatoms. The van der Waals surface area contributed by atoms with Crippen LogP contribution < -0.4 is 4.90 Å². The van der Waals surface area contributed by atoms with Crippen LogP contribution in [0.25, 0.3) is 0 Å². The summed E-state index contributed by atoms with van der Waals surface area (Å²) in [6, 6.07) is 4.64. The van der Waals surface area contributed by atoms with Gasteiger partial charge in [0.1, 0.15) is 16.3 Å². The molecule has 2 amide bonds. The van der Waals surface area contributed by atoms with Crippen LogP contribution in [0.3, 0.4) is 0 Å². The average Bonchev–Trinajstić information content (AvgIpc) is 3.02. The van der Waals surface area contributed by atoms with Gasteiger partial charge in [-0.15, -0.1) is 11.3 Å². The number of alkyl halides is 2. The largest absolute Gasteiger partial charge is 0.437 e. The third-order valence-corrected chi connectivity index (χ3v) is 5.92. The maximum atomic E-state index is 14.6. The van der Waals surface area contributed by atoms with Gasteiger partial charge in [0.15, 0.2) is 0 Å².